The molecule has 0 radical (unpaired) electrons. The van der Waals surface area contributed by atoms with Crippen LogP contribution in [0.3, 0.4) is 0 Å². The third kappa shape index (κ3) is 10.6. The van der Waals surface area contributed by atoms with E-state index in [0.29, 0.717) is 56.9 Å². The Bertz CT molecular complexity index is 2740. The van der Waals surface area contributed by atoms with Crippen LogP contribution in [0, 0.1) is 5.92 Å². The van der Waals surface area contributed by atoms with Crippen molar-refractivity contribution < 1.29 is 34.0 Å². The van der Waals surface area contributed by atoms with Crippen molar-refractivity contribution in [2.75, 3.05) is 49.8 Å². The minimum atomic E-state index is -2.53. The summed E-state index contributed by atoms with van der Waals surface area (Å²) in [5, 5.41) is 33.8. The Balaban J connectivity index is 1.23. The minimum absolute atomic E-state index is 0.0491. The first-order valence-corrected chi connectivity index (χ1v) is 28.9. The number of methoxy groups -OCH3 is 1. The predicted molar refractivity (Wildman–Crippen MR) is 287 cm³/mol. The van der Waals surface area contributed by atoms with Crippen LogP contribution in [-0.4, -0.2) is 97.3 Å². The normalized spacial score (nSPS) is 21.3. The highest BCUT2D eigenvalue weighted by molar-refractivity contribution is 6.91. The second kappa shape index (κ2) is 22.9. The van der Waals surface area contributed by atoms with E-state index in [2.05, 4.69) is 80.7 Å². The van der Waals surface area contributed by atoms with Gasteiger partial charge in [0.05, 0.1) is 63.5 Å². The van der Waals surface area contributed by atoms with E-state index in [-0.39, 0.29) is 48.5 Å². The Hall–Kier alpha value is -5.90. The summed E-state index contributed by atoms with van der Waals surface area (Å²) in [6.07, 6.45) is 10.2. The van der Waals surface area contributed by atoms with Gasteiger partial charge in [-0.2, -0.15) is 0 Å². The molecular weight excluding hydrogens is 921 g/mol. The van der Waals surface area contributed by atoms with E-state index in [0.717, 1.165) is 58.8 Å². The van der Waals surface area contributed by atoms with Gasteiger partial charge in [0, 0.05) is 43.1 Å². The average molecular weight is 995 g/mol. The van der Waals surface area contributed by atoms with Crippen LogP contribution in [0.1, 0.15) is 95.0 Å². The minimum Gasteiger partial charge on any atom is -0.497 e. The number of allylic oxidation sites excluding steroid dienone is 3. The molecule has 4 aromatic carbocycles. The Morgan fingerprint density at radius 2 is 1.71 bits per heavy atom. The molecule has 3 aliphatic rings. The van der Waals surface area contributed by atoms with E-state index >= 15 is 4.79 Å². The first-order valence-electron chi connectivity index (χ1n) is 25.8. The number of nitrogens with zero attached hydrogens (tertiary/aromatic N) is 5. The highest BCUT2D eigenvalue weighted by Gasteiger charge is 2.66. The highest BCUT2D eigenvalue weighted by atomic mass is 28.3. The van der Waals surface area contributed by atoms with Crippen molar-refractivity contribution in [3.05, 3.63) is 143 Å². The second-order valence-corrected chi connectivity index (χ2v) is 25.2. The van der Waals surface area contributed by atoms with Crippen LogP contribution < -0.4 is 29.8 Å². The molecule has 2 unspecified atom stereocenters. The summed E-state index contributed by atoms with van der Waals surface area (Å²) in [4.78, 5) is 34.5. The van der Waals surface area contributed by atoms with Crippen molar-refractivity contribution >= 4 is 42.1 Å². The summed E-state index contributed by atoms with van der Waals surface area (Å²) in [7, 11) is -0.852. The molecule has 13 nitrogen and oxygen atoms in total. The second-order valence-electron chi connectivity index (χ2n) is 20.5. The monoisotopic (exact) mass is 995 g/mol. The van der Waals surface area contributed by atoms with Gasteiger partial charge in [0.1, 0.15) is 11.5 Å². The first-order chi connectivity index (χ1) is 34.7. The fourth-order valence-electron chi connectivity index (χ4n) is 11.4. The average Bonchev–Trinajstić information content (AvgIpc) is 4.04. The molecule has 0 aliphatic carbocycles. The van der Waals surface area contributed by atoms with Crippen LogP contribution in [0.4, 0.5) is 17.1 Å². The van der Waals surface area contributed by atoms with Gasteiger partial charge in [-0.05, 0) is 138 Å². The summed E-state index contributed by atoms with van der Waals surface area (Å²) in [5.41, 5.74) is 6.63. The largest absolute Gasteiger partial charge is 0.497 e. The summed E-state index contributed by atoms with van der Waals surface area (Å²) in [6.45, 7) is 17.2. The van der Waals surface area contributed by atoms with Crippen LogP contribution in [0.15, 0.2) is 120 Å². The standard InChI is InChI=1S/C58H74N6O7Si/c1-9-70-46-23-27-52-43(34-46)35-50(59-30-13-14-33-65)56(67)64(52)44-20-26-53-49(36-44)58(57(68)63(53)32-28-40(4)17-15-16-39(2)3)41(5)55(72(7,8)47-24-21-45(69-6)22-25-47)54(71-58)29-31-62-37-51(60-61-62)48(38-66)42-18-11-10-12-19-42/h10-12,16,18-28,34,36-37,41,48,50,54-55,59,65-66H,9,13-15,17,29-33,35,38H2,1-8H3/b40-28+/t41-,48?,50?,54+,55-,58+/m1/s1. The number of ether oxygens (including phenoxy) is 3. The zero-order valence-electron chi connectivity index (χ0n) is 43.4. The number of aryl methyl sites for hydroxylation is 1. The van der Waals surface area contributed by atoms with E-state index in [1.807, 2.05) is 102 Å². The Labute approximate surface area is 426 Å². The van der Waals surface area contributed by atoms with Crippen molar-refractivity contribution in [2.45, 2.75) is 122 Å². The Morgan fingerprint density at radius 1 is 0.958 bits per heavy atom. The number of nitrogens with one attached hydrogen (secondary N) is 1. The van der Waals surface area contributed by atoms with Crippen LogP contribution in [0.25, 0.3) is 0 Å². The molecule has 8 rings (SSSR count). The highest BCUT2D eigenvalue weighted by Crippen LogP contribution is 2.60. The van der Waals surface area contributed by atoms with Crippen LogP contribution in [-0.2, 0) is 32.9 Å². The maximum Gasteiger partial charge on any atom is 0.264 e. The number of benzene rings is 4. The first kappa shape index (κ1) is 52.4. The summed E-state index contributed by atoms with van der Waals surface area (Å²) < 4.78 is 21.0. The summed E-state index contributed by atoms with van der Waals surface area (Å²) >= 11 is 0. The lowest BCUT2D eigenvalue weighted by Crippen LogP contribution is -2.52. The molecular formula is C58H74N6O7Si. The number of anilines is 3. The number of aliphatic hydroxyl groups is 2. The third-order valence-corrected chi connectivity index (χ3v) is 19.6. The van der Waals surface area contributed by atoms with Gasteiger partial charge in [-0.3, -0.25) is 19.2 Å². The smallest absolute Gasteiger partial charge is 0.264 e. The zero-order valence-corrected chi connectivity index (χ0v) is 44.4. The van der Waals surface area contributed by atoms with E-state index in [9.17, 15) is 15.0 Å². The van der Waals surface area contributed by atoms with E-state index < -0.39 is 19.7 Å². The topological polar surface area (TPSA) is 152 Å². The van der Waals surface area contributed by atoms with Crippen LogP contribution >= 0.6 is 0 Å². The Morgan fingerprint density at radius 3 is 2.42 bits per heavy atom. The fraction of sp³-hybridized carbons (Fsp3) is 0.448. The van der Waals surface area contributed by atoms with Crippen molar-refractivity contribution in [3.63, 3.8) is 0 Å². The van der Waals surface area contributed by atoms with Gasteiger partial charge in [0.15, 0.2) is 5.60 Å². The van der Waals surface area contributed by atoms with Crippen molar-refractivity contribution in [1.29, 1.82) is 0 Å². The van der Waals surface area contributed by atoms with E-state index in [1.54, 1.807) is 12.0 Å². The van der Waals surface area contributed by atoms with Crippen molar-refractivity contribution in [2.24, 2.45) is 5.92 Å². The molecule has 6 atom stereocenters. The van der Waals surface area contributed by atoms with Gasteiger partial charge < -0.3 is 34.6 Å². The lowest BCUT2D eigenvalue weighted by molar-refractivity contribution is -0.145. The van der Waals surface area contributed by atoms with Gasteiger partial charge in [-0.15, -0.1) is 5.10 Å². The van der Waals surface area contributed by atoms with Crippen molar-refractivity contribution in [3.8, 4) is 11.5 Å². The number of fused-ring (bicyclic) bond motifs is 3. The molecule has 382 valence electrons. The summed E-state index contributed by atoms with van der Waals surface area (Å²) in [6, 6.07) is 29.7. The lowest BCUT2D eigenvalue weighted by atomic mass is 9.82. The maximum absolute atomic E-state index is 15.9. The molecule has 3 aliphatic heterocycles. The number of rotatable bonds is 22. The van der Waals surface area contributed by atoms with E-state index in [1.165, 1.54) is 16.3 Å². The van der Waals surface area contributed by atoms with Gasteiger partial charge >= 0.3 is 0 Å². The number of aliphatic hydroxyl groups excluding tert-OH is 2. The van der Waals surface area contributed by atoms with Gasteiger partial charge in [0.2, 0.25) is 5.91 Å². The maximum atomic E-state index is 15.9. The third-order valence-electron chi connectivity index (χ3n) is 15.3. The molecule has 0 saturated carbocycles. The quantitative estimate of drug-likeness (QED) is 0.0348. The molecule has 2 amide bonds. The molecule has 0 bridgehead atoms. The number of aromatic nitrogens is 3. The predicted octanol–water partition coefficient (Wildman–Crippen LogP) is 9.11. The molecule has 5 aromatic rings. The number of carbonyl (C=O) groups excluding carboxylic acids is 2. The molecule has 4 heterocycles. The summed E-state index contributed by atoms with van der Waals surface area (Å²) in [5.74, 6) is 0.720. The van der Waals surface area contributed by atoms with Gasteiger partial charge in [-0.25, -0.2) is 0 Å². The van der Waals surface area contributed by atoms with Gasteiger partial charge in [0.25, 0.3) is 5.91 Å². The fourth-order valence-corrected chi connectivity index (χ4v) is 15.5. The number of hydrogen-bond donors (Lipinski definition) is 3. The zero-order chi connectivity index (χ0) is 51.2. The number of carbonyl (C=O) groups is 2. The van der Waals surface area contributed by atoms with Crippen LogP contribution in [0.2, 0.25) is 18.6 Å². The molecule has 3 N–H and O–H groups in total. The van der Waals surface area contributed by atoms with Crippen LogP contribution in [0.5, 0.6) is 11.5 Å². The molecule has 1 aromatic heterocycles. The number of unbranched alkanes of at least 4 members (excludes halogenated alkanes) is 1. The molecule has 14 heteroatoms. The Kier molecular flexibility index (Phi) is 16.7. The number of hydrogen-bond acceptors (Lipinski definition) is 10. The molecule has 72 heavy (non-hydrogen) atoms. The van der Waals surface area contributed by atoms with Crippen molar-refractivity contribution in [1.82, 2.24) is 20.3 Å². The SMILES string of the molecule is CCOc1ccc2c(c1)CC(NCCCCO)C(=O)N2c1ccc2c(c1)[C@]1(O[C@@H](CCn3cc(C(CO)c4ccccc4)nn3)[C@H]([Si](C)(C)c3ccc(OC)cc3)[C@H]1C)C(=O)N2C/C=C(\C)CCC=C(C)C. The lowest BCUT2D eigenvalue weighted by Gasteiger charge is -2.37. The molecule has 1 fully saturated rings. The van der Waals surface area contributed by atoms with Gasteiger partial charge in [-0.1, -0.05) is 96.2 Å². The molecule has 1 spiro atoms. The molecule has 1 saturated heterocycles. The number of amides is 2. The van der Waals surface area contributed by atoms with E-state index in [4.69, 9.17) is 14.2 Å².